The Hall–Kier alpha value is -3.28. The fourth-order valence-electron chi connectivity index (χ4n) is 4.92. The number of ether oxygens (including phenoxy) is 1. The second-order valence-electron chi connectivity index (χ2n) is 8.81. The second-order valence-corrected chi connectivity index (χ2v) is 8.81. The van der Waals surface area contributed by atoms with Gasteiger partial charge in [0.15, 0.2) is 0 Å². The highest BCUT2D eigenvalue weighted by molar-refractivity contribution is 5.97. The summed E-state index contributed by atoms with van der Waals surface area (Å²) in [5.74, 6) is 0.982. The molecule has 2 aliphatic rings. The highest BCUT2D eigenvalue weighted by Gasteiger charge is 2.46. The molecule has 1 amide bonds. The number of fused-ring (bicyclic) bond motifs is 4. The second kappa shape index (κ2) is 7.15. The van der Waals surface area contributed by atoms with Crippen molar-refractivity contribution >= 4 is 5.91 Å². The average Bonchev–Trinajstić information content (AvgIpc) is 3.17. The minimum absolute atomic E-state index is 0.0974. The van der Waals surface area contributed by atoms with Crippen LogP contribution in [0.1, 0.15) is 54.1 Å². The number of phenols is 1. The number of phenolic OH excluding ortho intramolecular Hbond substituents is 1. The van der Waals surface area contributed by atoms with Gasteiger partial charge < -0.3 is 14.7 Å². The summed E-state index contributed by atoms with van der Waals surface area (Å²) < 4.78 is 8.48. The van der Waals surface area contributed by atoms with Gasteiger partial charge in [-0.05, 0) is 29.7 Å². The lowest BCUT2D eigenvalue weighted by atomic mass is 9.81. The van der Waals surface area contributed by atoms with E-state index in [-0.39, 0.29) is 17.6 Å². The Labute approximate surface area is 182 Å². The maximum absolute atomic E-state index is 13.2. The summed E-state index contributed by atoms with van der Waals surface area (Å²) in [6.07, 6.45) is 3.26. The van der Waals surface area contributed by atoms with Crippen LogP contribution in [0, 0.1) is 0 Å². The molecule has 1 aromatic heterocycles. The Bertz CT molecular complexity index is 1160. The Morgan fingerprint density at radius 2 is 1.87 bits per heavy atom. The zero-order valence-electron chi connectivity index (χ0n) is 18.1. The van der Waals surface area contributed by atoms with Gasteiger partial charge in [0, 0.05) is 44.1 Å². The van der Waals surface area contributed by atoms with Crippen LogP contribution in [0.15, 0.2) is 48.7 Å². The standard InChI is InChI=1S/C25H27N3O3/c1-16(2)17-8-6-9-19(23(17)29)24(30)28-13-11-25(12-14-28)20-15-26-27(3)22(20)18-7-4-5-10-21(18)31-25/h4-10,15-16,29H,11-14H2,1-3H3. The zero-order valence-corrected chi connectivity index (χ0v) is 18.1. The van der Waals surface area contributed by atoms with Crippen LogP contribution >= 0.6 is 0 Å². The van der Waals surface area contributed by atoms with Crippen molar-refractivity contribution in [3.63, 3.8) is 0 Å². The fourth-order valence-corrected chi connectivity index (χ4v) is 4.92. The minimum atomic E-state index is -0.490. The van der Waals surface area contributed by atoms with Crippen LogP contribution in [-0.2, 0) is 12.6 Å². The topological polar surface area (TPSA) is 67.6 Å². The molecule has 0 unspecified atom stereocenters. The van der Waals surface area contributed by atoms with Crippen molar-refractivity contribution in [3.8, 4) is 22.8 Å². The smallest absolute Gasteiger partial charge is 0.257 e. The van der Waals surface area contributed by atoms with Gasteiger partial charge >= 0.3 is 0 Å². The van der Waals surface area contributed by atoms with E-state index in [1.165, 1.54) is 0 Å². The number of likely N-dealkylation sites (tertiary alicyclic amines) is 1. The van der Waals surface area contributed by atoms with Gasteiger partial charge in [0.25, 0.3) is 5.91 Å². The molecule has 1 saturated heterocycles. The third kappa shape index (κ3) is 3.00. The number of aromatic nitrogens is 2. The first kappa shape index (κ1) is 19.7. The van der Waals surface area contributed by atoms with Crippen molar-refractivity contribution in [1.29, 1.82) is 0 Å². The van der Waals surface area contributed by atoms with Gasteiger partial charge in [-0.2, -0.15) is 5.10 Å². The van der Waals surface area contributed by atoms with Gasteiger partial charge in [-0.3, -0.25) is 9.48 Å². The summed E-state index contributed by atoms with van der Waals surface area (Å²) in [6.45, 7) is 5.14. The van der Waals surface area contributed by atoms with Crippen LogP contribution in [0.2, 0.25) is 0 Å². The summed E-state index contributed by atoms with van der Waals surface area (Å²) in [7, 11) is 1.96. The quantitative estimate of drug-likeness (QED) is 0.669. The number of piperidine rings is 1. The predicted octanol–water partition coefficient (Wildman–Crippen LogP) is 4.44. The molecular formula is C25H27N3O3. The predicted molar refractivity (Wildman–Crippen MR) is 118 cm³/mol. The molecule has 1 N–H and O–H groups in total. The third-order valence-electron chi connectivity index (χ3n) is 6.66. The molecule has 2 aliphatic heterocycles. The highest BCUT2D eigenvalue weighted by Crippen LogP contribution is 2.49. The molecule has 2 aromatic carbocycles. The number of hydrogen-bond acceptors (Lipinski definition) is 4. The normalized spacial score (nSPS) is 16.7. The molecular weight excluding hydrogens is 390 g/mol. The van der Waals surface area contributed by atoms with E-state index in [0.29, 0.717) is 31.5 Å². The molecule has 6 heteroatoms. The number of rotatable bonds is 2. The lowest BCUT2D eigenvalue weighted by molar-refractivity contribution is -0.00179. The van der Waals surface area contributed by atoms with Crippen LogP contribution in [0.25, 0.3) is 11.3 Å². The SMILES string of the molecule is CC(C)c1cccc(C(=O)N2CCC3(CC2)Oc2ccccc2-c2c3cnn2C)c1O. The molecule has 160 valence electrons. The molecule has 6 nitrogen and oxygen atoms in total. The lowest BCUT2D eigenvalue weighted by Crippen LogP contribution is -2.49. The number of para-hydroxylation sites is 2. The van der Waals surface area contributed by atoms with Crippen molar-refractivity contribution in [3.05, 3.63) is 65.4 Å². The van der Waals surface area contributed by atoms with Crippen molar-refractivity contribution in [2.24, 2.45) is 7.05 Å². The van der Waals surface area contributed by atoms with E-state index in [1.807, 2.05) is 67.0 Å². The minimum Gasteiger partial charge on any atom is -0.507 e. The molecule has 0 saturated carbocycles. The van der Waals surface area contributed by atoms with Gasteiger partial charge in [0.2, 0.25) is 0 Å². The van der Waals surface area contributed by atoms with Crippen LogP contribution in [0.3, 0.4) is 0 Å². The number of aryl methyl sites for hydroxylation is 1. The lowest BCUT2D eigenvalue weighted by Gasteiger charge is -2.44. The van der Waals surface area contributed by atoms with Gasteiger partial charge in [-0.15, -0.1) is 0 Å². The molecule has 0 aliphatic carbocycles. The Kier molecular flexibility index (Phi) is 4.54. The van der Waals surface area contributed by atoms with E-state index in [1.54, 1.807) is 6.07 Å². The Balaban J connectivity index is 1.42. The summed E-state index contributed by atoms with van der Waals surface area (Å²) in [4.78, 5) is 15.0. The summed E-state index contributed by atoms with van der Waals surface area (Å²) >= 11 is 0. The van der Waals surface area contributed by atoms with E-state index in [0.717, 1.165) is 28.1 Å². The average molecular weight is 418 g/mol. The van der Waals surface area contributed by atoms with E-state index in [2.05, 4.69) is 11.2 Å². The number of nitrogens with zero attached hydrogens (tertiary/aromatic N) is 3. The molecule has 1 fully saturated rings. The third-order valence-corrected chi connectivity index (χ3v) is 6.66. The van der Waals surface area contributed by atoms with Gasteiger partial charge in [0.05, 0.1) is 17.5 Å². The van der Waals surface area contributed by atoms with Gasteiger partial charge in [0.1, 0.15) is 17.1 Å². The molecule has 31 heavy (non-hydrogen) atoms. The number of aromatic hydroxyl groups is 1. The summed E-state index contributed by atoms with van der Waals surface area (Å²) in [6, 6.07) is 13.5. The molecule has 0 bridgehead atoms. The molecule has 0 radical (unpaired) electrons. The van der Waals surface area contributed by atoms with Crippen molar-refractivity contribution < 1.29 is 14.6 Å². The molecule has 5 rings (SSSR count). The van der Waals surface area contributed by atoms with Crippen molar-refractivity contribution in [2.75, 3.05) is 13.1 Å². The highest BCUT2D eigenvalue weighted by atomic mass is 16.5. The first-order valence-electron chi connectivity index (χ1n) is 10.8. The number of carbonyl (C=O) groups is 1. The van der Waals surface area contributed by atoms with E-state index < -0.39 is 5.60 Å². The zero-order chi connectivity index (χ0) is 21.8. The number of carbonyl (C=O) groups excluding carboxylic acids is 1. The largest absolute Gasteiger partial charge is 0.507 e. The van der Waals surface area contributed by atoms with Crippen molar-refractivity contribution in [1.82, 2.24) is 14.7 Å². The van der Waals surface area contributed by atoms with Crippen LogP contribution in [0.4, 0.5) is 0 Å². The monoisotopic (exact) mass is 417 g/mol. The van der Waals surface area contributed by atoms with Crippen LogP contribution in [-0.4, -0.2) is 38.8 Å². The van der Waals surface area contributed by atoms with Crippen molar-refractivity contribution in [2.45, 2.75) is 38.2 Å². The number of benzene rings is 2. The fraction of sp³-hybridized carbons (Fsp3) is 0.360. The van der Waals surface area contributed by atoms with Crippen LogP contribution < -0.4 is 4.74 Å². The van der Waals surface area contributed by atoms with Gasteiger partial charge in [-0.1, -0.05) is 38.1 Å². The van der Waals surface area contributed by atoms with Gasteiger partial charge in [-0.25, -0.2) is 0 Å². The first-order chi connectivity index (χ1) is 14.9. The van der Waals surface area contributed by atoms with E-state index >= 15 is 0 Å². The number of amides is 1. The summed E-state index contributed by atoms with van der Waals surface area (Å²) in [5, 5.41) is 15.2. The van der Waals surface area contributed by atoms with E-state index in [4.69, 9.17) is 4.74 Å². The number of hydrogen-bond donors (Lipinski definition) is 1. The Morgan fingerprint density at radius 3 is 2.61 bits per heavy atom. The maximum Gasteiger partial charge on any atom is 0.257 e. The molecule has 1 spiro atoms. The van der Waals surface area contributed by atoms with Crippen LogP contribution in [0.5, 0.6) is 11.5 Å². The molecule has 0 atom stereocenters. The Morgan fingerprint density at radius 1 is 1.13 bits per heavy atom. The summed E-state index contributed by atoms with van der Waals surface area (Å²) in [5.41, 5.74) is 3.91. The maximum atomic E-state index is 13.2. The van der Waals surface area contributed by atoms with E-state index in [9.17, 15) is 9.90 Å². The first-order valence-corrected chi connectivity index (χ1v) is 10.8. The molecule has 3 heterocycles. The molecule has 3 aromatic rings.